The van der Waals surface area contributed by atoms with Crippen molar-refractivity contribution in [2.75, 3.05) is 10.6 Å². The number of benzene rings is 1. The molecule has 0 aliphatic rings. The van der Waals surface area contributed by atoms with Crippen molar-refractivity contribution in [1.82, 2.24) is 10.2 Å². The maximum Gasteiger partial charge on any atom is 0.237 e. The minimum atomic E-state index is -0.684. The summed E-state index contributed by atoms with van der Waals surface area (Å²) in [7, 11) is 0. The molecule has 0 aliphatic heterocycles. The number of hydrogen-bond donors (Lipinski definition) is 2. The Labute approximate surface area is 140 Å². The zero-order valence-electron chi connectivity index (χ0n) is 12.8. The van der Waals surface area contributed by atoms with Gasteiger partial charge in [0.1, 0.15) is 11.6 Å². The predicted molar refractivity (Wildman–Crippen MR) is 89.0 cm³/mol. The lowest BCUT2D eigenvalue weighted by molar-refractivity contribution is -0.115. The van der Waals surface area contributed by atoms with Gasteiger partial charge in [0, 0.05) is 12.1 Å². The number of nitrogens with zero attached hydrogens (tertiary/aromatic N) is 2. The van der Waals surface area contributed by atoms with Crippen molar-refractivity contribution in [3.8, 4) is 0 Å². The van der Waals surface area contributed by atoms with Crippen molar-refractivity contribution in [2.45, 2.75) is 36.4 Å². The van der Waals surface area contributed by atoms with E-state index in [-0.39, 0.29) is 11.7 Å². The monoisotopic (exact) mass is 358 g/mol. The van der Waals surface area contributed by atoms with E-state index in [1.54, 1.807) is 6.92 Å². The second kappa shape index (κ2) is 7.69. The molecule has 9 heteroatoms. The highest BCUT2D eigenvalue weighted by Gasteiger charge is 2.19. The van der Waals surface area contributed by atoms with Crippen molar-refractivity contribution in [3.05, 3.63) is 29.8 Å². The second-order valence-corrected chi connectivity index (χ2v) is 7.61. The van der Waals surface area contributed by atoms with Gasteiger partial charge in [0.15, 0.2) is 4.34 Å². The zero-order valence-corrected chi connectivity index (χ0v) is 14.4. The first-order chi connectivity index (χ1) is 10.8. The molecule has 0 fully saturated rings. The highest BCUT2D eigenvalue weighted by molar-refractivity contribution is 8.02. The molecule has 2 aromatic rings. The van der Waals surface area contributed by atoms with Crippen LogP contribution in [0.1, 0.15) is 20.8 Å². The summed E-state index contributed by atoms with van der Waals surface area (Å²) in [6, 6.07) is 3.14. The molecular weight excluding hydrogens is 342 g/mol. The molecule has 2 rings (SSSR count). The summed E-state index contributed by atoms with van der Waals surface area (Å²) < 4.78 is 27.3. The van der Waals surface area contributed by atoms with Crippen LogP contribution in [0.5, 0.6) is 0 Å². The molecule has 0 aliphatic carbocycles. The van der Waals surface area contributed by atoms with Gasteiger partial charge >= 0.3 is 0 Å². The minimum absolute atomic E-state index is 0.179. The third kappa shape index (κ3) is 5.14. The lowest BCUT2D eigenvalue weighted by Crippen LogP contribution is -2.23. The molecule has 1 atom stereocenters. The summed E-state index contributed by atoms with van der Waals surface area (Å²) >= 11 is 2.54. The van der Waals surface area contributed by atoms with Crippen LogP contribution in [0.3, 0.4) is 0 Å². The maximum atomic E-state index is 13.5. The molecule has 124 valence electrons. The Morgan fingerprint density at radius 2 is 2.00 bits per heavy atom. The number of halogens is 2. The average Bonchev–Trinajstić information content (AvgIpc) is 2.89. The molecule has 0 spiro atoms. The molecule has 0 radical (unpaired) electrons. The minimum Gasteiger partial charge on any atom is -0.358 e. The van der Waals surface area contributed by atoms with Crippen LogP contribution in [-0.2, 0) is 4.79 Å². The Bertz CT molecular complexity index is 693. The van der Waals surface area contributed by atoms with E-state index >= 15 is 0 Å². The van der Waals surface area contributed by atoms with Gasteiger partial charge in [-0.2, -0.15) is 0 Å². The van der Waals surface area contributed by atoms with Crippen LogP contribution in [0.2, 0.25) is 0 Å². The highest BCUT2D eigenvalue weighted by Crippen LogP contribution is 2.30. The van der Waals surface area contributed by atoms with Crippen LogP contribution < -0.4 is 10.6 Å². The number of anilines is 2. The first kappa shape index (κ1) is 17.6. The van der Waals surface area contributed by atoms with Gasteiger partial charge in [-0.1, -0.05) is 23.1 Å². The number of carbonyl (C=O) groups excluding carboxylic acids is 1. The molecule has 1 aromatic carbocycles. The Kier molecular flexibility index (Phi) is 5.89. The molecule has 23 heavy (non-hydrogen) atoms. The number of nitrogens with one attached hydrogen (secondary N) is 2. The Hall–Kier alpha value is -1.74. The molecule has 1 amide bonds. The molecule has 2 N–H and O–H groups in total. The number of carbonyl (C=O) groups is 1. The largest absolute Gasteiger partial charge is 0.358 e. The number of aromatic nitrogens is 2. The topological polar surface area (TPSA) is 66.9 Å². The van der Waals surface area contributed by atoms with E-state index in [4.69, 9.17) is 0 Å². The third-order valence-corrected chi connectivity index (χ3v) is 4.69. The van der Waals surface area contributed by atoms with Crippen molar-refractivity contribution >= 4 is 39.8 Å². The second-order valence-electron chi connectivity index (χ2n) is 5.05. The molecule has 0 unspecified atom stereocenters. The van der Waals surface area contributed by atoms with Gasteiger partial charge < -0.3 is 10.6 Å². The average molecular weight is 358 g/mol. The molecule has 0 saturated heterocycles. The third-order valence-electron chi connectivity index (χ3n) is 2.65. The van der Waals surface area contributed by atoms with Crippen molar-refractivity contribution in [1.29, 1.82) is 0 Å². The van der Waals surface area contributed by atoms with Gasteiger partial charge in [0.2, 0.25) is 11.0 Å². The lowest BCUT2D eigenvalue weighted by atomic mass is 10.3. The fraction of sp³-hybridized carbons (Fsp3) is 0.357. The molecule has 1 heterocycles. The van der Waals surface area contributed by atoms with Crippen LogP contribution in [0.25, 0.3) is 0 Å². The van der Waals surface area contributed by atoms with Gasteiger partial charge in [-0.15, -0.1) is 10.2 Å². The van der Waals surface area contributed by atoms with Crippen LogP contribution in [0.15, 0.2) is 22.5 Å². The van der Waals surface area contributed by atoms with Gasteiger partial charge in [-0.3, -0.25) is 4.79 Å². The number of thioether (sulfide) groups is 1. The van der Waals surface area contributed by atoms with E-state index in [1.165, 1.54) is 23.1 Å². The van der Waals surface area contributed by atoms with Crippen LogP contribution >= 0.6 is 23.1 Å². The Morgan fingerprint density at radius 1 is 1.26 bits per heavy atom. The standard InChI is InChI=1S/C14H16F2N4OS2/c1-7(2)17-13-19-20-14(23-13)22-8(3)12(21)18-11-6-9(15)4-5-10(11)16/h4-8H,1-3H3,(H,17,19)(H,18,21)/t8-/m1/s1. The van der Waals surface area contributed by atoms with E-state index in [0.717, 1.165) is 18.2 Å². The molecule has 0 bridgehead atoms. The summed E-state index contributed by atoms with van der Waals surface area (Å²) in [4.78, 5) is 12.1. The van der Waals surface area contributed by atoms with Gasteiger partial charge in [-0.25, -0.2) is 8.78 Å². The van der Waals surface area contributed by atoms with Crippen molar-refractivity contribution in [2.24, 2.45) is 0 Å². The van der Waals surface area contributed by atoms with Crippen LogP contribution in [0.4, 0.5) is 19.6 Å². The molecule has 1 aromatic heterocycles. The quantitative estimate of drug-likeness (QED) is 0.770. The molecule has 0 saturated carbocycles. The van der Waals surface area contributed by atoms with Crippen LogP contribution in [0, 0.1) is 11.6 Å². The van der Waals surface area contributed by atoms with Gasteiger partial charge in [-0.05, 0) is 32.9 Å². The highest BCUT2D eigenvalue weighted by atomic mass is 32.2. The van der Waals surface area contributed by atoms with Gasteiger partial charge in [0.05, 0.1) is 10.9 Å². The van der Waals surface area contributed by atoms with Gasteiger partial charge in [0.25, 0.3) is 0 Å². The Morgan fingerprint density at radius 3 is 2.70 bits per heavy atom. The van der Waals surface area contributed by atoms with E-state index in [0.29, 0.717) is 9.47 Å². The first-order valence-electron chi connectivity index (χ1n) is 6.87. The zero-order chi connectivity index (χ0) is 17.0. The molecule has 5 nitrogen and oxygen atoms in total. The number of amides is 1. The van der Waals surface area contributed by atoms with E-state index in [1.807, 2.05) is 13.8 Å². The smallest absolute Gasteiger partial charge is 0.237 e. The normalized spacial score (nSPS) is 12.3. The van der Waals surface area contributed by atoms with E-state index in [2.05, 4.69) is 20.8 Å². The molecular formula is C14H16F2N4OS2. The van der Waals surface area contributed by atoms with Crippen LogP contribution in [-0.4, -0.2) is 27.4 Å². The Balaban J connectivity index is 1.97. The van der Waals surface area contributed by atoms with E-state index in [9.17, 15) is 13.6 Å². The first-order valence-corrected chi connectivity index (χ1v) is 8.57. The summed E-state index contributed by atoms with van der Waals surface area (Å²) in [5, 5.41) is 13.6. The van der Waals surface area contributed by atoms with E-state index < -0.39 is 22.8 Å². The summed E-state index contributed by atoms with van der Waals surface area (Å²) in [6.07, 6.45) is 0. The summed E-state index contributed by atoms with van der Waals surface area (Å²) in [6.45, 7) is 5.63. The fourth-order valence-corrected chi connectivity index (χ4v) is 3.64. The lowest BCUT2D eigenvalue weighted by Gasteiger charge is -2.11. The van der Waals surface area contributed by atoms with Crippen molar-refractivity contribution < 1.29 is 13.6 Å². The van der Waals surface area contributed by atoms with Crippen molar-refractivity contribution in [3.63, 3.8) is 0 Å². The maximum absolute atomic E-state index is 13.5. The predicted octanol–water partition coefficient (Wildman–Crippen LogP) is 3.76. The fourth-order valence-electron chi connectivity index (χ4n) is 1.60. The SMILES string of the molecule is CC(C)Nc1nnc(S[C@H](C)C(=O)Nc2cc(F)ccc2F)s1. The number of hydrogen-bond acceptors (Lipinski definition) is 6. The number of rotatable bonds is 6. The summed E-state index contributed by atoms with van der Waals surface area (Å²) in [5.74, 6) is -1.74. The summed E-state index contributed by atoms with van der Waals surface area (Å²) in [5.41, 5.74) is -0.179.